The van der Waals surface area contributed by atoms with E-state index in [0.717, 1.165) is 33.6 Å². The fourth-order valence-corrected chi connectivity index (χ4v) is 4.68. The van der Waals surface area contributed by atoms with Crippen molar-refractivity contribution in [3.63, 3.8) is 0 Å². The molecule has 9 heteroatoms. The van der Waals surface area contributed by atoms with E-state index in [0.29, 0.717) is 43.6 Å². The van der Waals surface area contributed by atoms with Gasteiger partial charge in [-0.1, -0.05) is 54.1 Å². The Bertz CT molecular complexity index is 1530. The van der Waals surface area contributed by atoms with Gasteiger partial charge >= 0.3 is 6.03 Å². The summed E-state index contributed by atoms with van der Waals surface area (Å²) < 4.78 is 2.01. The molecule has 0 spiro atoms. The van der Waals surface area contributed by atoms with Crippen molar-refractivity contribution in [2.75, 3.05) is 31.1 Å². The largest absolute Gasteiger partial charge is 0.338 e. The molecular formula is C27H24ClN7O. The monoisotopic (exact) mass is 497 g/mol. The molecule has 1 fully saturated rings. The normalized spacial score (nSPS) is 13.9. The number of urea groups is 1. The van der Waals surface area contributed by atoms with E-state index in [2.05, 4.69) is 20.4 Å². The van der Waals surface area contributed by atoms with E-state index in [4.69, 9.17) is 16.6 Å². The number of piperazine rings is 1. The van der Waals surface area contributed by atoms with Crippen LogP contribution in [0.3, 0.4) is 0 Å². The summed E-state index contributed by atoms with van der Waals surface area (Å²) >= 11 is 6.12. The van der Waals surface area contributed by atoms with Gasteiger partial charge in [-0.15, -0.1) is 10.2 Å². The quantitative estimate of drug-likeness (QED) is 0.391. The molecule has 2 aromatic heterocycles. The number of fused-ring (bicyclic) bond motifs is 3. The van der Waals surface area contributed by atoms with Gasteiger partial charge in [-0.3, -0.25) is 0 Å². The predicted molar refractivity (Wildman–Crippen MR) is 141 cm³/mol. The van der Waals surface area contributed by atoms with Crippen molar-refractivity contribution in [1.29, 1.82) is 0 Å². The van der Waals surface area contributed by atoms with Crippen LogP contribution in [-0.2, 0) is 6.54 Å². The maximum absolute atomic E-state index is 12.8. The molecule has 0 radical (unpaired) electrons. The average Bonchev–Trinajstić information content (AvgIpc) is 3.38. The molecular weight excluding hydrogens is 474 g/mol. The molecule has 1 N–H and O–H groups in total. The van der Waals surface area contributed by atoms with Gasteiger partial charge in [0.05, 0.1) is 5.52 Å². The molecule has 8 nitrogen and oxygen atoms in total. The van der Waals surface area contributed by atoms with Crippen molar-refractivity contribution < 1.29 is 4.79 Å². The number of amides is 2. The van der Waals surface area contributed by atoms with Gasteiger partial charge in [-0.25, -0.2) is 14.2 Å². The zero-order chi connectivity index (χ0) is 24.5. The Balaban J connectivity index is 1.28. The van der Waals surface area contributed by atoms with Crippen molar-refractivity contribution in [1.82, 2.24) is 29.8 Å². The van der Waals surface area contributed by atoms with E-state index in [-0.39, 0.29) is 6.03 Å². The number of rotatable bonds is 4. The van der Waals surface area contributed by atoms with Crippen molar-refractivity contribution in [2.24, 2.45) is 0 Å². The standard InChI is InChI=1S/C27H24ClN7O/c28-21-12-10-20(11-13-21)24-31-32-25-22-8-4-5-9-23(22)30-26(35(24)25)33-14-16-34(17-15-33)27(36)29-18-19-6-2-1-3-7-19/h1-13H,14-18H2,(H,29,36). The van der Waals surface area contributed by atoms with Crippen molar-refractivity contribution >= 4 is 40.1 Å². The lowest BCUT2D eigenvalue weighted by atomic mass is 10.2. The van der Waals surface area contributed by atoms with E-state index in [1.807, 2.05) is 88.2 Å². The number of anilines is 1. The number of hydrogen-bond acceptors (Lipinski definition) is 5. The van der Waals surface area contributed by atoms with Crippen LogP contribution < -0.4 is 10.2 Å². The highest BCUT2D eigenvalue weighted by molar-refractivity contribution is 6.30. The average molecular weight is 498 g/mol. The molecule has 0 atom stereocenters. The lowest BCUT2D eigenvalue weighted by molar-refractivity contribution is 0.193. The number of nitrogens with zero attached hydrogens (tertiary/aromatic N) is 6. The van der Waals surface area contributed by atoms with E-state index in [1.54, 1.807) is 0 Å². The molecule has 0 bridgehead atoms. The maximum atomic E-state index is 12.8. The van der Waals surface area contributed by atoms with Gasteiger partial charge in [0.25, 0.3) is 0 Å². The van der Waals surface area contributed by atoms with E-state index in [1.165, 1.54) is 0 Å². The summed E-state index contributed by atoms with van der Waals surface area (Å²) in [6, 6.07) is 25.4. The van der Waals surface area contributed by atoms with Crippen molar-refractivity contribution in [2.45, 2.75) is 6.54 Å². The van der Waals surface area contributed by atoms with Crippen LogP contribution in [0.2, 0.25) is 5.02 Å². The number of para-hydroxylation sites is 1. The number of aromatic nitrogens is 4. The van der Waals surface area contributed by atoms with Gasteiger partial charge in [0.2, 0.25) is 5.95 Å². The molecule has 6 rings (SSSR count). The Morgan fingerprint density at radius 2 is 1.58 bits per heavy atom. The molecule has 2 amide bonds. The van der Waals surface area contributed by atoms with Gasteiger partial charge < -0.3 is 15.1 Å². The number of carbonyl (C=O) groups is 1. The summed E-state index contributed by atoms with van der Waals surface area (Å²) in [5, 5.41) is 13.7. The lowest BCUT2D eigenvalue weighted by Crippen LogP contribution is -2.52. The first kappa shape index (κ1) is 22.3. The highest BCUT2D eigenvalue weighted by atomic mass is 35.5. The number of hydrogen-bond donors (Lipinski definition) is 1. The number of halogens is 1. The third kappa shape index (κ3) is 4.20. The number of carbonyl (C=O) groups excluding carboxylic acids is 1. The summed E-state index contributed by atoms with van der Waals surface area (Å²) in [4.78, 5) is 21.8. The van der Waals surface area contributed by atoms with Crippen LogP contribution in [-0.4, -0.2) is 56.7 Å². The zero-order valence-corrected chi connectivity index (χ0v) is 20.3. The third-order valence-electron chi connectivity index (χ3n) is 6.47. The first-order valence-electron chi connectivity index (χ1n) is 11.9. The third-order valence-corrected chi connectivity index (χ3v) is 6.72. The highest BCUT2D eigenvalue weighted by Gasteiger charge is 2.26. The van der Waals surface area contributed by atoms with Crippen LogP contribution in [0.25, 0.3) is 27.9 Å². The molecule has 1 saturated heterocycles. The van der Waals surface area contributed by atoms with Crippen LogP contribution in [0.4, 0.5) is 10.7 Å². The summed E-state index contributed by atoms with van der Waals surface area (Å²) in [6.45, 7) is 3.00. The predicted octanol–water partition coefficient (Wildman–Crippen LogP) is 4.63. The zero-order valence-electron chi connectivity index (χ0n) is 19.5. The number of benzene rings is 3. The second-order valence-electron chi connectivity index (χ2n) is 8.74. The fraction of sp³-hybridized carbons (Fsp3) is 0.185. The first-order valence-corrected chi connectivity index (χ1v) is 12.3. The van der Waals surface area contributed by atoms with Crippen LogP contribution in [0.5, 0.6) is 0 Å². The molecule has 0 unspecified atom stereocenters. The molecule has 36 heavy (non-hydrogen) atoms. The molecule has 0 aliphatic carbocycles. The van der Waals surface area contributed by atoms with Gasteiger partial charge in [-0.2, -0.15) is 0 Å². The minimum atomic E-state index is -0.0544. The SMILES string of the molecule is O=C(NCc1ccccc1)N1CCN(c2nc3ccccc3c3nnc(-c4ccc(Cl)cc4)n23)CC1. The summed E-state index contributed by atoms with van der Waals surface area (Å²) in [5.74, 6) is 1.47. The molecule has 3 aromatic carbocycles. The highest BCUT2D eigenvalue weighted by Crippen LogP contribution is 2.29. The van der Waals surface area contributed by atoms with E-state index >= 15 is 0 Å². The Kier molecular flexibility index (Phi) is 5.87. The molecule has 3 heterocycles. The van der Waals surface area contributed by atoms with Gasteiger partial charge in [0, 0.05) is 48.7 Å². The smallest absolute Gasteiger partial charge is 0.317 e. The van der Waals surface area contributed by atoms with Crippen molar-refractivity contribution in [3.05, 3.63) is 89.4 Å². The Hall–Kier alpha value is -4.17. The lowest BCUT2D eigenvalue weighted by Gasteiger charge is -2.35. The molecule has 5 aromatic rings. The van der Waals surface area contributed by atoms with E-state index < -0.39 is 0 Å². The van der Waals surface area contributed by atoms with Gasteiger partial charge in [0.15, 0.2) is 11.5 Å². The summed E-state index contributed by atoms with van der Waals surface area (Å²) in [5.41, 5.74) is 3.60. The Morgan fingerprint density at radius 1 is 0.861 bits per heavy atom. The fourth-order valence-electron chi connectivity index (χ4n) is 4.56. The molecule has 0 saturated carbocycles. The van der Waals surface area contributed by atoms with Crippen LogP contribution in [0, 0.1) is 0 Å². The Morgan fingerprint density at radius 3 is 2.36 bits per heavy atom. The van der Waals surface area contributed by atoms with Crippen molar-refractivity contribution in [3.8, 4) is 11.4 Å². The van der Waals surface area contributed by atoms with Gasteiger partial charge in [-0.05, 0) is 42.0 Å². The Labute approximate surface area is 213 Å². The minimum absolute atomic E-state index is 0.0544. The maximum Gasteiger partial charge on any atom is 0.317 e. The summed E-state index contributed by atoms with van der Waals surface area (Å²) in [6.07, 6.45) is 0. The summed E-state index contributed by atoms with van der Waals surface area (Å²) in [7, 11) is 0. The second kappa shape index (κ2) is 9.47. The molecule has 180 valence electrons. The molecule has 1 aliphatic heterocycles. The van der Waals surface area contributed by atoms with Crippen LogP contribution in [0.15, 0.2) is 78.9 Å². The van der Waals surface area contributed by atoms with Crippen LogP contribution in [0.1, 0.15) is 5.56 Å². The van der Waals surface area contributed by atoms with Crippen LogP contribution >= 0.6 is 11.6 Å². The van der Waals surface area contributed by atoms with E-state index in [9.17, 15) is 4.79 Å². The first-order chi connectivity index (χ1) is 17.7. The molecule has 1 aliphatic rings. The second-order valence-corrected chi connectivity index (χ2v) is 9.17. The topological polar surface area (TPSA) is 78.7 Å². The minimum Gasteiger partial charge on any atom is -0.338 e. The van der Waals surface area contributed by atoms with Gasteiger partial charge in [0.1, 0.15) is 0 Å². The number of nitrogens with one attached hydrogen (secondary N) is 1.